The van der Waals surface area contributed by atoms with Gasteiger partial charge in [0.25, 0.3) is 0 Å². The molecule has 1 nitrogen and oxygen atoms in total. The summed E-state index contributed by atoms with van der Waals surface area (Å²) in [6.45, 7) is 20.2. The number of rotatable bonds is 9. The van der Waals surface area contributed by atoms with Crippen molar-refractivity contribution in [2.45, 2.75) is 27.7 Å². The van der Waals surface area contributed by atoms with Crippen LogP contribution in [0.5, 0.6) is 0 Å². The number of fused-ring (bicyclic) bond motifs is 1. The summed E-state index contributed by atoms with van der Waals surface area (Å²) in [6.07, 6.45) is 14.0. The van der Waals surface area contributed by atoms with Crippen molar-refractivity contribution < 1.29 is 0 Å². The average molecular weight is 636 g/mol. The van der Waals surface area contributed by atoms with Crippen molar-refractivity contribution in [3.63, 3.8) is 0 Å². The Morgan fingerprint density at radius 2 is 1.35 bits per heavy atom. The molecule has 5 aromatic carbocycles. The van der Waals surface area contributed by atoms with E-state index in [9.17, 15) is 0 Å². The summed E-state index contributed by atoms with van der Waals surface area (Å²) in [7, 11) is 0. The largest absolute Gasteiger partial charge is 0.309 e. The highest BCUT2D eigenvalue weighted by atomic mass is 15.0. The molecule has 0 bridgehead atoms. The summed E-state index contributed by atoms with van der Waals surface area (Å²) in [4.78, 5) is 0. The molecule has 1 aromatic heterocycles. The monoisotopic (exact) mass is 635 g/mol. The lowest BCUT2D eigenvalue weighted by Crippen LogP contribution is -1.97. The molecule has 0 N–H and O–H groups in total. The van der Waals surface area contributed by atoms with Gasteiger partial charge < -0.3 is 4.57 Å². The fourth-order valence-electron chi connectivity index (χ4n) is 6.04. The average Bonchev–Trinajstić information content (AvgIpc) is 3.52. The highest BCUT2D eigenvalue weighted by molar-refractivity contribution is 5.95. The standard InChI is InChI=1S/C36H31N.C12H14/c1-5-13-34(6-2)37-35-21-20-31(24-33(35)25-36(37)29-16-11-8-12-17-29)30-19-18-26(3)32(23-30)22-27(4)28-14-9-7-10-15-28;1-4-6-12-8-7-10(3)9-11(12)5-2/h5-25H,1-2H2,3-4H3;4-9H,2H2,1,3H3/b27-22+,34-13+;6-4-. The van der Waals surface area contributed by atoms with Gasteiger partial charge in [0.2, 0.25) is 0 Å². The zero-order valence-electron chi connectivity index (χ0n) is 29.2. The Labute approximate surface area is 292 Å². The Hall–Kier alpha value is -5.92. The highest BCUT2D eigenvalue weighted by Crippen LogP contribution is 2.35. The molecule has 0 aliphatic carbocycles. The first-order valence-electron chi connectivity index (χ1n) is 16.7. The van der Waals surface area contributed by atoms with Crippen LogP contribution >= 0.6 is 0 Å². The molecule has 1 heteroatoms. The normalized spacial score (nSPS) is 11.7. The summed E-state index contributed by atoms with van der Waals surface area (Å²) in [5.74, 6) is 0. The van der Waals surface area contributed by atoms with Crippen LogP contribution < -0.4 is 0 Å². The van der Waals surface area contributed by atoms with Gasteiger partial charge in [0.1, 0.15) is 0 Å². The molecule has 0 aliphatic heterocycles. The molecule has 1 heterocycles. The van der Waals surface area contributed by atoms with Crippen molar-refractivity contribution >= 4 is 40.4 Å². The molecule has 49 heavy (non-hydrogen) atoms. The lowest BCUT2D eigenvalue weighted by Gasteiger charge is -2.12. The molecule has 0 saturated carbocycles. The third-order valence-electron chi connectivity index (χ3n) is 8.65. The number of hydrogen-bond donors (Lipinski definition) is 0. The van der Waals surface area contributed by atoms with Crippen molar-refractivity contribution in [3.8, 4) is 22.4 Å². The second-order valence-electron chi connectivity index (χ2n) is 12.1. The molecule has 0 aliphatic rings. The first-order valence-corrected chi connectivity index (χ1v) is 16.7. The molecule has 0 amide bonds. The van der Waals surface area contributed by atoms with Crippen molar-refractivity contribution in [2.24, 2.45) is 0 Å². The van der Waals surface area contributed by atoms with Crippen molar-refractivity contribution in [3.05, 3.63) is 199 Å². The number of aryl methyl sites for hydroxylation is 2. The third kappa shape index (κ3) is 8.15. The first-order chi connectivity index (χ1) is 23.9. The second kappa shape index (κ2) is 16.3. The topological polar surface area (TPSA) is 4.93 Å². The number of aromatic nitrogens is 1. The van der Waals surface area contributed by atoms with Gasteiger partial charge in [-0.1, -0.05) is 153 Å². The number of nitrogens with zero attached hydrogens (tertiary/aromatic N) is 1. The van der Waals surface area contributed by atoms with Crippen LogP contribution in [0.25, 0.3) is 62.8 Å². The number of hydrogen-bond acceptors (Lipinski definition) is 0. The minimum Gasteiger partial charge on any atom is -0.309 e. The van der Waals surface area contributed by atoms with E-state index < -0.39 is 0 Å². The van der Waals surface area contributed by atoms with Gasteiger partial charge in [-0.3, -0.25) is 0 Å². The van der Waals surface area contributed by atoms with Crippen LogP contribution in [0, 0.1) is 13.8 Å². The van der Waals surface area contributed by atoms with Crippen LogP contribution in [0.15, 0.2) is 165 Å². The first kappa shape index (κ1) is 34.4. The Kier molecular flexibility index (Phi) is 11.4. The molecule has 0 saturated heterocycles. The second-order valence-corrected chi connectivity index (χ2v) is 12.1. The van der Waals surface area contributed by atoms with Crippen LogP contribution in [-0.4, -0.2) is 4.57 Å². The molecule has 0 fully saturated rings. The highest BCUT2D eigenvalue weighted by Gasteiger charge is 2.14. The fourth-order valence-corrected chi connectivity index (χ4v) is 6.04. The van der Waals surface area contributed by atoms with E-state index in [1.54, 1.807) is 0 Å². The van der Waals surface area contributed by atoms with E-state index in [4.69, 9.17) is 0 Å². The van der Waals surface area contributed by atoms with Gasteiger partial charge in [-0.15, -0.1) is 0 Å². The van der Waals surface area contributed by atoms with Gasteiger partial charge in [-0.25, -0.2) is 0 Å². The molecule has 0 spiro atoms. The Morgan fingerprint density at radius 3 is 2.02 bits per heavy atom. The van der Waals surface area contributed by atoms with Gasteiger partial charge in [-0.2, -0.15) is 0 Å². The van der Waals surface area contributed by atoms with E-state index in [0.717, 1.165) is 22.5 Å². The Balaban J connectivity index is 0.000000330. The van der Waals surface area contributed by atoms with Crippen molar-refractivity contribution in [1.82, 2.24) is 4.57 Å². The summed E-state index contributed by atoms with van der Waals surface area (Å²) in [5, 5.41) is 1.19. The van der Waals surface area contributed by atoms with Crippen LogP contribution in [0.2, 0.25) is 0 Å². The van der Waals surface area contributed by atoms with Crippen LogP contribution in [0.3, 0.4) is 0 Å². The zero-order chi connectivity index (χ0) is 34.8. The maximum Gasteiger partial charge on any atom is 0.0540 e. The number of benzene rings is 5. The lowest BCUT2D eigenvalue weighted by atomic mass is 9.96. The van der Waals surface area contributed by atoms with Crippen LogP contribution in [-0.2, 0) is 0 Å². The molecule has 0 unspecified atom stereocenters. The van der Waals surface area contributed by atoms with E-state index in [0.29, 0.717) is 0 Å². The smallest absolute Gasteiger partial charge is 0.0540 e. The summed E-state index contributed by atoms with van der Waals surface area (Å²) < 4.78 is 2.26. The molecule has 242 valence electrons. The third-order valence-corrected chi connectivity index (χ3v) is 8.65. The van der Waals surface area contributed by atoms with Crippen molar-refractivity contribution in [2.75, 3.05) is 0 Å². The van der Waals surface area contributed by atoms with Gasteiger partial charge in [0.05, 0.1) is 11.2 Å². The van der Waals surface area contributed by atoms with Gasteiger partial charge in [0, 0.05) is 11.1 Å². The summed E-state index contributed by atoms with van der Waals surface area (Å²) >= 11 is 0. The SMILES string of the molecule is C=C/C=C(\C=C)n1c(-c2ccccc2)cc2cc(-c3ccc(C)c(/C=C(\C)c4ccccc4)c3)ccc21.C=Cc1cc(C)ccc1/C=C\C. The van der Waals surface area contributed by atoms with E-state index in [1.165, 1.54) is 55.5 Å². The van der Waals surface area contributed by atoms with Gasteiger partial charge >= 0.3 is 0 Å². The number of allylic oxidation sites excluding steroid dienone is 6. The maximum absolute atomic E-state index is 4.06. The fraction of sp³-hybridized carbons (Fsp3) is 0.0833. The molecule has 6 aromatic rings. The van der Waals surface area contributed by atoms with Crippen LogP contribution in [0.4, 0.5) is 0 Å². The Bertz CT molecular complexity index is 2180. The molecule has 0 radical (unpaired) electrons. The summed E-state index contributed by atoms with van der Waals surface area (Å²) in [6, 6.07) is 43.1. The van der Waals surface area contributed by atoms with E-state index in [1.807, 2.05) is 43.4 Å². The molecule has 6 rings (SSSR count). The molecular weight excluding hydrogens is 591 g/mol. The van der Waals surface area contributed by atoms with E-state index >= 15 is 0 Å². The predicted octanol–water partition coefficient (Wildman–Crippen LogP) is 13.7. The van der Waals surface area contributed by atoms with E-state index in [-0.39, 0.29) is 0 Å². The van der Waals surface area contributed by atoms with Crippen molar-refractivity contribution in [1.29, 1.82) is 0 Å². The maximum atomic E-state index is 4.06. The molecule has 0 atom stereocenters. The zero-order valence-corrected chi connectivity index (χ0v) is 29.2. The summed E-state index contributed by atoms with van der Waals surface area (Å²) in [5.41, 5.74) is 15.6. The van der Waals surface area contributed by atoms with E-state index in [2.05, 4.69) is 172 Å². The van der Waals surface area contributed by atoms with Gasteiger partial charge in [0.15, 0.2) is 0 Å². The predicted molar refractivity (Wildman–Crippen MR) is 218 cm³/mol. The quantitative estimate of drug-likeness (QED) is 0.110. The molecular formula is C48H45N. The minimum absolute atomic E-state index is 0.996. The van der Waals surface area contributed by atoms with Gasteiger partial charge in [-0.05, 0) is 114 Å². The Morgan fingerprint density at radius 1 is 0.653 bits per heavy atom. The lowest BCUT2D eigenvalue weighted by molar-refractivity contribution is 1.19. The van der Waals surface area contributed by atoms with Crippen LogP contribution in [0.1, 0.15) is 47.2 Å². The minimum atomic E-state index is 0.996.